The van der Waals surface area contributed by atoms with Crippen LogP contribution in [0.3, 0.4) is 0 Å². The molecule has 1 saturated carbocycles. The molecule has 0 amide bonds. The van der Waals surface area contributed by atoms with Crippen LogP contribution in [0.4, 0.5) is 0 Å². The molecule has 0 radical (unpaired) electrons. The van der Waals surface area contributed by atoms with Crippen molar-refractivity contribution in [2.75, 3.05) is 13.2 Å². The van der Waals surface area contributed by atoms with Crippen molar-refractivity contribution in [3.8, 4) is 28.4 Å². The number of benzene rings is 2. The summed E-state index contributed by atoms with van der Waals surface area (Å²) in [5.41, 5.74) is 2.39. The van der Waals surface area contributed by atoms with Crippen LogP contribution in [0.15, 0.2) is 39.5 Å². The first-order valence-electron chi connectivity index (χ1n) is 13.2. The van der Waals surface area contributed by atoms with Crippen LogP contribution >= 0.6 is 0 Å². The molecule has 36 heavy (non-hydrogen) atoms. The van der Waals surface area contributed by atoms with Crippen LogP contribution in [0.5, 0.6) is 17.2 Å². The fourth-order valence-corrected chi connectivity index (χ4v) is 5.39. The van der Waals surface area contributed by atoms with Gasteiger partial charge in [0, 0.05) is 18.9 Å². The predicted octanol–water partition coefficient (Wildman–Crippen LogP) is 6.76. The summed E-state index contributed by atoms with van der Waals surface area (Å²) in [5.74, 6) is 2.73. The zero-order valence-corrected chi connectivity index (χ0v) is 21.2. The van der Waals surface area contributed by atoms with Gasteiger partial charge >= 0.3 is 5.97 Å². The number of esters is 1. The van der Waals surface area contributed by atoms with E-state index in [4.69, 9.17) is 18.6 Å². The number of hydrogen-bond donors (Lipinski definition) is 0. The van der Waals surface area contributed by atoms with Crippen LogP contribution in [0.2, 0.25) is 0 Å². The van der Waals surface area contributed by atoms with Crippen molar-refractivity contribution in [3.63, 3.8) is 0 Å². The largest absolute Gasteiger partial charge is 0.490 e. The fraction of sp³-hybridized carbons (Fsp3) is 0.467. The van der Waals surface area contributed by atoms with Gasteiger partial charge < -0.3 is 18.6 Å². The summed E-state index contributed by atoms with van der Waals surface area (Å²) in [7, 11) is 0. The van der Waals surface area contributed by atoms with E-state index in [1.165, 1.54) is 25.7 Å². The SMILES string of the molecule is CCCc1cc2c(=O)c(-c3ccc4c(c3)OCCCO4)c(C)oc2cc1OC(=O)CCC1CCCC1. The molecule has 0 atom stereocenters. The Morgan fingerprint density at radius 2 is 1.81 bits per heavy atom. The first kappa shape index (κ1) is 24.4. The molecule has 1 aliphatic carbocycles. The number of ether oxygens (including phenoxy) is 3. The minimum absolute atomic E-state index is 0.111. The molecular formula is C30H34O6. The maximum Gasteiger partial charge on any atom is 0.311 e. The minimum atomic E-state index is -0.221. The zero-order chi connectivity index (χ0) is 25.1. The predicted molar refractivity (Wildman–Crippen MR) is 139 cm³/mol. The quantitative estimate of drug-likeness (QED) is 0.269. The van der Waals surface area contributed by atoms with Crippen molar-refractivity contribution in [1.29, 1.82) is 0 Å². The Morgan fingerprint density at radius 3 is 2.58 bits per heavy atom. The second kappa shape index (κ2) is 10.8. The second-order valence-corrected chi connectivity index (χ2v) is 9.94. The van der Waals surface area contributed by atoms with Crippen molar-refractivity contribution in [3.05, 3.63) is 51.9 Å². The third kappa shape index (κ3) is 5.13. The molecule has 2 heterocycles. The number of hydrogen-bond acceptors (Lipinski definition) is 6. The van der Waals surface area contributed by atoms with Crippen molar-refractivity contribution in [1.82, 2.24) is 0 Å². The molecule has 0 spiro atoms. The van der Waals surface area contributed by atoms with Crippen LogP contribution < -0.4 is 19.6 Å². The number of aryl methyl sites for hydroxylation is 2. The number of rotatable bonds is 7. The monoisotopic (exact) mass is 490 g/mol. The normalized spacial score (nSPS) is 15.7. The molecule has 1 fully saturated rings. The lowest BCUT2D eigenvalue weighted by Crippen LogP contribution is -2.12. The third-order valence-corrected chi connectivity index (χ3v) is 7.26. The van der Waals surface area contributed by atoms with Gasteiger partial charge in [-0.15, -0.1) is 0 Å². The third-order valence-electron chi connectivity index (χ3n) is 7.26. The Kier molecular flexibility index (Phi) is 7.30. The van der Waals surface area contributed by atoms with E-state index in [0.717, 1.165) is 30.4 Å². The van der Waals surface area contributed by atoms with Crippen molar-refractivity contribution in [2.45, 2.75) is 71.6 Å². The van der Waals surface area contributed by atoms with Gasteiger partial charge in [0.2, 0.25) is 5.43 Å². The van der Waals surface area contributed by atoms with Gasteiger partial charge in [-0.2, -0.15) is 0 Å². The molecule has 0 bridgehead atoms. The maximum atomic E-state index is 13.7. The summed E-state index contributed by atoms with van der Waals surface area (Å²) in [6, 6.07) is 9.09. The van der Waals surface area contributed by atoms with E-state index >= 15 is 0 Å². The highest BCUT2D eigenvalue weighted by molar-refractivity contribution is 5.86. The molecule has 5 rings (SSSR count). The van der Waals surface area contributed by atoms with Crippen LogP contribution in [0.1, 0.15) is 69.6 Å². The molecule has 190 valence electrons. The van der Waals surface area contributed by atoms with E-state index < -0.39 is 0 Å². The zero-order valence-electron chi connectivity index (χ0n) is 21.2. The molecule has 2 aromatic carbocycles. The first-order valence-corrected chi connectivity index (χ1v) is 13.2. The molecule has 2 aliphatic rings. The van der Waals surface area contributed by atoms with Gasteiger partial charge in [0.25, 0.3) is 0 Å². The lowest BCUT2D eigenvalue weighted by molar-refractivity contribution is -0.134. The van der Waals surface area contributed by atoms with Crippen LogP contribution in [0.25, 0.3) is 22.1 Å². The van der Waals surface area contributed by atoms with Crippen LogP contribution in [-0.2, 0) is 11.2 Å². The van der Waals surface area contributed by atoms with E-state index in [9.17, 15) is 9.59 Å². The molecule has 0 saturated heterocycles. The highest BCUT2D eigenvalue weighted by atomic mass is 16.5. The van der Waals surface area contributed by atoms with Gasteiger partial charge in [-0.1, -0.05) is 45.1 Å². The lowest BCUT2D eigenvalue weighted by Gasteiger charge is -2.14. The number of fused-ring (bicyclic) bond motifs is 2. The molecule has 6 nitrogen and oxygen atoms in total. The summed E-state index contributed by atoms with van der Waals surface area (Å²) in [6.07, 6.45) is 8.62. The molecule has 0 unspecified atom stereocenters. The molecule has 3 aromatic rings. The van der Waals surface area contributed by atoms with E-state index in [0.29, 0.717) is 71.5 Å². The van der Waals surface area contributed by atoms with Crippen molar-refractivity contribution < 1.29 is 23.4 Å². The Labute approximate surface area is 211 Å². The smallest absolute Gasteiger partial charge is 0.311 e. The maximum absolute atomic E-state index is 13.7. The molecule has 6 heteroatoms. The minimum Gasteiger partial charge on any atom is -0.490 e. The average Bonchev–Trinajstić information content (AvgIpc) is 3.28. The number of carbonyl (C=O) groups is 1. The Bertz CT molecular complexity index is 1320. The summed E-state index contributed by atoms with van der Waals surface area (Å²) in [5, 5.41) is 0.483. The summed E-state index contributed by atoms with van der Waals surface area (Å²) < 4.78 is 23.5. The van der Waals surface area contributed by atoms with E-state index in [1.54, 1.807) is 13.0 Å². The highest BCUT2D eigenvalue weighted by Gasteiger charge is 2.21. The molecular weight excluding hydrogens is 456 g/mol. The van der Waals surface area contributed by atoms with Gasteiger partial charge in [-0.05, 0) is 55.0 Å². The van der Waals surface area contributed by atoms with Gasteiger partial charge in [0.15, 0.2) is 11.5 Å². The van der Waals surface area contributed by atoms with Gasteiger partial charge in [0.05, 0.1) is 24.2 Å². The summed E-state index contributed by atoms with van der Waals surface area (Å²) >= 11 is 0. The van der Waals surface area contributed by atoms with Crippen molar-refractivity contribution in [2.24, 2.45) is 5.92 Å². The number of carbonyl (C=O) groups excluding carboxylic acids is 1. The van der Waals surface area contributed by atoms with Crippen molar-refractivity contribution >= 4 is 16.9 Å². The van der Waals surface area contributed by atoms with E-state index in [2.05, 4.69) is 6.92 Å². The van der Waals surface area contributed by atoms with Gasteiger partial charge in [-0.3, -0.25) is 9.59 Å². The topological polar surface area (TPSA) is 75.0 Å². The molecule has 1 aromatic heterocycles. The standard InChI is InChI=1S/C30H34O6/c1-3-7-21-16-23-26(18-25(21)36-28(31)13-10-20-8-4-5-9-20)35-19(2)29(30(23)32)22-11-12-24-27(17-22)34-15-6-14-33-24/h11-12,16-18,20H,3-10,13-15H2,1-2H3. The average molecular weight is 491 g/mol. The first-order chi connectivity index (χ1) is 17.5. The lowest BCUT2D eigenvalue weighted by atomic mass is 9.99. The van der Waals surface area contributed by atoms with Gasteiger partial charge in [0.1, 0.15) is 17.1 Å². The van der Waals surface area contributed by atoms with E-state index in [1.807, 2.05) is 24.3 Å². The Hall–Kier alpha value is -3.28. The van der Waals surface area contributed by atoms with Crippen LogP contribution in [0, 0.1) is 12.8 Å². The summed E-state index contributed by atoms with van der Waals surface area (Å²) in [4.78, 5) is 26.3. The van der Waals surface area contributed by atoms with Gasteiger partial charge in [-0.25, -0.2) is 0 Å². The fourth-order valence-electron chi connectivity index (χ4n) is 5.39. The Morgan fingerprint density at radius 1 is 1.03 bits per heavy atom. The second-order valence-electron chi connectivity index (χ2n) is 9.94. The molecule has 0 N–H and O–H groups in total. The van der Waals surface area contributed by atoms with E-state index in [-0.39, 0.29) is 11.4 Å². The highest BCUT2D eigenvalue weighted by Crippen LogP contribution is 2.36. The summed E-state index contributed by atoms with van der Waals surface area (Å²) in [6.45, 7) is 5.03. The Balaban J connectivity index is 1.48. The van der Waals surface area contributed by atoms with Crippen LogP contribution in [-0.4, -0.2) is 19.2 Å². The molecule has 1 aliphatic heterocycles.